The molecule has 1 amide bonds. The molecule has 0 bridgehead atoms. The molecule has 2 N–H and O–H groups in total. The summed E-state index contributed by atoms with van der Waals surface area (Å²) in [5.74, 6) is -1.86. The summed E-state index contributed by atoms with van der Waals surface area (Å²) in [5, 5.41) is 21.0. The summed E-state index contributed by atoms with van der Waals surface area (Å²) in [6.07, 6.45) is 0.875. The molecule has 0 saturated carbocycles. The number of nitrogens with one attached hydrogen (secondary N) is 1. The number of aliphatic carboxylic acids is 1. The van der Waals surface area contributed by atoms with E-state index in [9.17, 15) is 19.7 Å². The molecule has 0 aliphatic heterocycles. The highest BCUT2D eigenvalue weighted by Gasteiger charge is 2.24. The van der Waals surface area contributed by atoms with Crippen molar-refractivity contribution < 1.29 is 19.6 Å². The largest absolute Gasteiger partial charge is 0.481 e. The average Bonchev–Trinajstić information content (AvgIpc) is 2.27. The number of amides is 1. The molecule has 8 nitrogen and oxygen atoms in total. The Kier molecular flexibility index (Phi) is 4.55. The lowest BCUT2D eigenvalue weighted by Crippen LogP contribution is -2.26. The molecule has 1 rings (SSSR count). The predicted molar refractivity (Wildman–Crippen MR) is 60.5 cm³/mol. The molecule has 0 aliphatic rings. The van der Waals surface area contributed by atoms with Crippen LogP contribution in [-0.4, -0.2) is 33.4 Å². The van der Waals surface area contributed by atoms with E-state index in [1.54, 1.807) is 0 Å². The van der Waals surface area contributed by atoms with E-state index in [1.807, 2.05) is 0 Å². The van der Waals surface area contributed by atoms with Gasteiger partial charge < -0.3 is 10.4 Å². The second-order valence-corrected chi connectivity index (χ2v) is 3.51. The fraction of sp³-hybridized carbons (Fsp3) is 0.222. The van der Waals surface area contributed by atoms with Crippen LogP contribution in [-0.2, 0) is 4.79 Å². The highest BCUT2D eigenvalue weighted by atomic mass is 35.5. The van der Waals surface area contributed by atoms with Crippen LogP contribution in [0.1, 0.15) is 16.8 Å². The summed E-state index contributed by atoms with van der Waals surface area (Å²) < 4.78 is 0. The number of hydrogen-bond acceptors (Lipinski definition) is 5. The minimum Gasteiger partial charge on any atom is -0.481 e. The number of nitrogens with zero attached hydrogens (tertiary/aromatic N) is 2. The number of hydrogen-bond donors (Lipinski definition) is 2. The lowest BCUT2D eigenvalue weighted by Gasteiger charge is -2.04. The van der Waals surface area contributed by atoms with E-state index in [0.717, 1.165) is 12.3 Å². The fourth-order valence-electron chi connectivity index (χ4n) is 1.16. The van der Waals surface area contributed by atoms with Crippen LogP contribution in [0, 0.1) is 10.1 Å². The molecule has 0 fully saturated rings. The Bertz CT molecular complexity index is 505. The summed E-state index contributed by atoms with van der Waals surface area (Å²) in [7, 11) is 0. The van der Waals surface area contributed by atoms with E-state index in [2.05, 4.69) is 10.3 Å². The third-order valence-corrected chi connectivity index (χ3v) is 2.21. The quantitative estimate of drug-likeness (QED) is 0.466. The number of halogens is 1. The molecular formula is C9H8ClN3O5. The molecule has 9 heteroatoms. The topological polar surface area (TPSA) is 122 Å². The van der Waals surface area contributed by atoms with Crippen LogP contribution in [0.2, 0.25) is 5.15 Å². The predicted octanol–water partition coefficient (Wildman–Crippen LogP) is 0.848. The van der Waals surface area contributed by atoms with Crippen molar-refractivity contribution in [2.45, 2.75) is 6.42 Å². The van der Waals surface area contributed by atoms with Gasteiger partial charge in [0.25, 0.3) is 5.91 Å². The van der Waals surface area contributed by atoms with Gasteiger partial charge in [-0.25, -0.2) is 4.98 Å². The number of carbonyl (C=O) groups excluding carboxylic acids is 1. The Morgan fingerprint density at radius 3 is 2.78 bits per heavy atom. The number of nitro groups is 1. The highest BCUT2D eigenvalue weighted by Crippen LogP contribution is 2.25. The second-order valence-electron chi connectivity index (χ2n) is 3.15. The Hall–Kier alpha value is -2.22. The van der Waals surface area contributed by atoms with Crippen LogP contribution in [0.25, 0.3) is 0 Å². The number of carbonyl (C=O) groups is 2. The summed E-state index contributed by atoms with van der Waals surface area (Å²) in [5.41, 5.74) is -0.864. The zero-order chi connectivity index (χ0) is 13.7. The van der Waals surface area contributed by atoms with Gasteiger partial charge in [0.15, 0.2) is 0 Å². The normalized spacial score (nSPS) is 9.83. The van der Waals surface area contributed by atoms with Crippen molar-refractivity contribution >= 4 is 29.2 Å². The monoisotopic (exact) mass is 273 g/mol. The number of aromatic nitrogens is 1. The van der Waals surface area contributed by atoms with Gasteiger partial charge in [-0.05, 0) is 6.07 Å². The zero-order valence-electron chi connectivity index (χ0n) is 8.92. The van der Waals surface area contributed by atoms with Gasteiger partial charge in [0, 0.05) is 12.7 Å². The average molecular weight is 274 g/mol. The number of carboxylic acids is 1. The minimum absolute atomic E-state index is 0.134. The Morgan fingerprint density at radius 1 is 1.56 bits per heavy atom. The van der Waals surface area contributed by atoms with Gasteiger partial charge in [0.2, 0.25) is 5.15 Å². The molecule has 18 heavy (non-hydrogen) atoms. The van der Waals surface area contributed by atoms with Crippen LogP contribution in [0.15, 0.2) is 12.3 Å². The van der Waals surface area contributed by atoms with Gasteiger partial charge in [-0.3, -0.25) is 19.7 Å². The van der Waals surface area contributed by atoms with Gasteiger partial charge in [0.05, 0.1) is 11.3 Å². The van der Waals surface area contributed by atoms with Crippen LogP contribution >= 0.6 is 11.6 Å². The maximum absolute atomic E-state index is 11.6. The second kappa shape index (κ2) is 5.92. The first-order valence-corrected chi connectivity index (χ1v) is 5.10. The van der Waals surface area contributed by atoms with E-state index in [4.69, 9.17) is 16.7 Å². The van der Waals surface area contributed by atoms with Crippen molar-refractivity contribution in [3.63, 3.8) is 0 Å². The molecule has 0 saturated heterocycles. The third-order valence-electron chi connectivity index (χ3n) is 1.93. The molecule has 0 aromatic carbocycles. The van der Waals surface area contributed by atoms with E-state index in [0.29, 0.717) is 0 Å². The van der Waals surface area contributed by atoms with Crippen molar-refractivity contribution in [3.8, 4) is 0 Å². The van der Waals surface area contributed by atoms with E-state index in [1.165, 1.54) is 0 Å². The Labute approximate surface area is 106 Å². The number of pyridine rings is 1. The van der Waals surface area contributed by atoms with Crippen molar-refractivity contribution in [2.75, 3.05) is 6.54 Å². The van der Waals surface area contributed by atoms with E-state index in [-0.39, 0.29) is 18.5 Å². The van der Waals surface area contributed by atoms with Gasteiger partial charge in [-0.2, -0.15) is 0 Å². The third kappa shape index (κ3) is 3.39. The van der Waals surface area contributed by atoms with Gasteiger partial charge in [-0.15, -0.1) is 0 Å². The molecule has 0 atom stereocenters. The molecule has 96 valence electrons. The van der Waals surface area contributed by atoms with E-state index >= 15 is 0 Å². The number of rotatable bonds is 5. The minimum atomic E-state index is -1.09. The molecule has 0 radical (unpaired) electrons. The maximum Gasteiger partial charge on any atom is 0.319 e. The SMILES string of the molecule is O=C(O)CCNC(=O)c1ccnc(Cl)c1[N+](=O)[O-]. The van der Waals surface area contributed by atoms with Crippen LogP contribution in [0.5, 0.6) is 0 Å². The summed E-state index contributed by atoms with van der Waals surface area (Å²) in [6.45, 7) is -0.134. The van der Waals surface area contributed by atoms with Gasteiger partial charge in [-0.1, -0.05) is 11.6 Å². The Balaban J connectivity index is 2.89. The first-order valence-electron chi connectivity index (χ1n) is 4.72. The van der Waals surface area contributed by atoms with Gasteiger partial charge >= 0.3 is 11.7 Å². The van der Waals surface area contributed by atoms with Crippen LogP contribution in [0.3, 0.4) is 0 Å². The van der Waals surface area contributed by atoms with Crippen LogP contribution < -0.4 is 5.32 Å². The zero-order valence-corrected chi connectivity index (χ0v) is 9.68. The highest BCUT2D eigenvalue weighted by molar-refractivity contribution is 6.32. The first kappa shape index (κ1) is 13.8. The summed E-state index contributed by atoms with van der Waals surface area (Å²) >= 11 is 5.53. The Morgan fingerprint density at radius 2 is 2.22 bits per heavy atom. The summed E-state index contributed by atoms with van der Waals surface area (Å²) in [4.78, 5) is 35.3. The van der Waals surface area contributed by atoms with Crippen molar-refractivity contribution in [1.29, 1.82) is 0 Å². The lowest BCUT2D eigenvalue weighted by molar-refractivity contribution is -0.385. The first-order chi connectivity index (χ1) is 8.43. The van der Waals surface area contributed by atoms with Crippen molar-refractivity contribution in [3.05, 3.63) is 33.1 Å². The van der Waals surface area contributed by atoms with E-state index < -0.39 is 27.6 Å². The molecule has 0 aliphatic carbocycles. The van der Waals surface area contributed by atoms with Crippen molar-refractivity contribution in [2.24, 2.45) is 0 Å². The molecule has 1 heterocycles. The lowest BCUT2D eigenvalue weighted by atomic mass is 10.2. The fourth-order valence-corrected chi connectivity index (χ4v) is 1.39. The molecule has 0 unspecified atom stereocenters. The standard InChI is InChI=1S/C9H8ClN3O5/c10-8-7(13(17)18)5(1-3-11-8)9(16)12-4-2-6(14)15/h1,3H,2,4H2,(H,12,16)(H,14,15). The van der Waals surface area contributed by atoms with Crippen LogP contribution in [0.4, 0.5) is 5.69 Å². The number of carboxylic acid groups (broad SMARTS) is 1. The smallest absolute Gasteiger partial charge is 0.319 e. The molecule has 0 spiro atoms. The summed E-state index contributed by atoms with van der Waals surface area (Å²) in [6, 6.07) is 1.14. The van der Waals surface area contributed by atoms with Gasteiger partial charge in [0.1, 0.15) is 5.56 Å². The molecule has 1 aromatic rings. The molecule has 1 aromatic heterocycles. The van der Waals surface area contributed by atoms with Crippen molar-refractivity contribution in [1.82, 2.24) is 10.3 Å². The maximum atomic E-state index is 11.6. The molecular weight excluding hydrogens is 266 g/mol.